The molecule has 3 rings (SSSR count). The van der Waals surface area contributed by atoms with Crippen molar-refractivity contribution >= 4 is 11.6 Å². The highest BCUT2D eigenvalue weighted by Crippen LogP contribution is 2.27. The Kier molecular flexibility index (Phi) is 4.26. The van der Waals surface area contributed by atoms with Crippen LogP contribution in [-0.4, -0.2) is 25.2 Å². The van der Waals surface area contributed by atoms with E-state index in [-0.39, 0.29) is 12.2 Å². The minimum absolute atomic E-state index is 0.219. The van der Waals surface area contributed by atoms with Crippen molar-refractivity contribution in [2.75, 3.05) is 0 Å². The van der Waals surface area contributed by atoms with Gasteiger partial charge >= 0.3 is 0 Å². The summed E-state index contributed by atoms with van der Waals surface area (Å²) in [6, 6.07) is 10.5. The Labute approximate surface area is 142 Å². The van der Waals surface area contributed by atoms with Crippen molar-refractivity contribution in [3.05, 3.63) is 70.8 Å². The van der Waals surface area contributed by atoms with Gasteiger partial charge in [0, 0.05) is 17.5 Å². The van der Waals surface area contributed by atoms with Crippen LogP contribution < -0.4 is 0 Å². The van der Waals surface area contributed by atoms with Crippen molar-refractivity contribution in [2.24, 2.45) is 0 Å². The molecule has 0 aliphatic heterocycles. The molecule has 0 bridgehead atoms. The molecule has 1 heterocycles. The number of rotatable bonds is 4. The highest BCUT2D eigenvalue weighted by molar-refractivity contribution is 6.30. The lowest BCUT2D eigenvalue weighted by Gasteiger charge is -2.22. The SMILES string of the molecule is CC(O)(Cc1cn(-c2ccc(F)cc2O)nn1)c1ccc(Cl)cc1. The third-order valence-electron chi connectivity index (χ3n) is 3.72. The van der Waals surface area contributed by atoms with Crippen LogP contribution in [0.3, 0.4) is 0 Å². The standard InChI is InChI=1S/C17H15ClFN3O2/c1-17(24,11-2-4-12(18)5-3-11)9-14-10-22(21-20-14)15-7-6-13(19)8-16(15)23/h2-8,10,23-24H,9H2,1H3. The number of aromatic hydroxyl groups is 1. The summed E-state index contributed by atoms with van der Waals surface area (Å²) in [6.45, 7) is 1.67. The van der Waals surface area contributed by atoms with Gasteiger partial charge in [-0.25, -0.2) is 9.07 Å². The molecule has 7 heteroatoms. The van der Waals surface area contributed by atoms with E-state index in [0.29, 0.717) is 22.0 Å². The zero-order chi connectivity index (χ0) is 17.3. The van der Waals surface area contributed by atoms with Gasteiger partial charge in [0.1, 0.15) is 17.3 Å². The summed E-state index contributed by atoms with van der Waals surface area (Å²) in [5.74, 6) is -0.779. The van der Waals surface area contributed by atoms with Gasteiger partial charge in [-0.1, -0.05) is 28.9 Å². The fourth-order valence-electron chi connectivity index (χ4n) is 2.45. The van der Waals surface area contributed by atoms with Gasteiger partial charge in [-0.2, -0.15) is 0 Å². The predicted molar refractivity (Wildman–Crippen MR) is 87.7 cm³/mol. The highest BCUT2D eigenvalue weighted by atomic mass is 35.5. The van der Waals surface area contributed by atoms with Crippen LogP contribution in [-0.2, 0) is 12.0 Å². The largest absolute Gasteiger partial charge is 0.506 e. The van der Waals surface area contributed by atoms with Gasteiger partial charge in [0.05, 0.1) is 17.5 Å². The fourth-order valence-corrected chi connectivity index (χ4v) is 2.58. The maximum absolute atomic E-state index is 13.1. The molecule has 0 aliphatic rings. The van der Waals surface area contributed by atoms with E-state index in [9.17, 15) is 14.6 Å². The first-order valence-electron chi connectivity index (χ1n) is 7.24. The zero-order valence-electron chi connectivity index (χ0n) is 12.8. The van der Waals surface area contributed by atoms with Crippen LogP contribution in [0.1, 0.15) is 18.2 Å². The van der Waals surface area contributed by atoms with E-state index < -0.39 is 11.4 Å². The van der Waals surface area contributed by atoms with E-state index in [1.165, 1.54) is 16.8 Å². The van der Waals surface area contributed by atoms with Gasteiger partial charge in [-0.05, 0) is 36.8 Å². The molecule has 2 aromatic carbocycles. The molecule has 124 valence electrons. The van der Waals surface area contributed by atoms with Crippen molar-refractivity contribution in [3.8, 4) is 11.4 Å². The van der Waals surface area contributed by atoms with Crippen molar-refractivity contribution in [3.63, 3.8) is 0 Å². The van der Waals surface area contributed by atoms with Gasteiger partial charge in [0.15, 0.2) is 0 Å². The molecule has 1 aromatic heterocycles. The third-order valence-corrected chi connectivity index (χ3v) is 3.97. The minimum Gasteiger partial charge on any atom is -0.506 e. The number of phenolic OH excluding ortho intramolecular Hbond substituents is 1. The molecule has 3 aromatic rings. The van der Waals surface area contributed by atoms with Crippen molar-refractivity contribution < 1.29 is 14.6 Å². The van der Waals surface area contributed by atoms with Crippen LogP contribution in [0.15, 0.2) is 48.7 Å². The molecule has 0 saturated heterocycles. The van der Waals surface area contributed by atoms with E-state index in [0.717, 1.165) is 6.07 Å². The average molecular weight is 348 g/mol. The van der Waals surface area contributed by atoms with Crippen LogP contribution in [0.4, 0.5) is 4.39 Å². The number of aromatic nitrogens is 3. The Bertz CT molecular complexity index is 863. The van der Waals surface area contributed by atoms with E-state index in [4.69, 9.17) is 11.6 Å². The van der Waals surface area contributed by atoms with Gasteiger partial charge in [-0.15, -0.1) is 5.10 Å². The Morgan fingerprint density at radius 1 is 1.21 bits per heavy atom. The molecule has 0 spiro atoms. The van der Waals surface area contributed by atoms with Crippen LogP contribution in [0, 0.1) is 5.82 Å². The summed E-state index contributed by atoms with van der Waals surface area (Å²) in [7, 11) is 0. The molecule has 0 fully saturated rings. The van der Waals surface area contributed by atoms with Crippen molar-refractivity contribution in [1.29, 1.82) is 0 Å². The smallest absolute Gasteiger partial charge is 0.144 e. The van der Waals surface area contributed by atoms with Gasteiger partial charge < -0.3 is 10.2 Å². The number of phenols is 1. The molecular weight excluding hydrogens is 333 g/mol. The number of benzene rings is 2. The lowest BCUT2D eigenvalue weighted by molar-refractivity contribution is 0.0566. The summed E-state index contributed by atoms with van der Waals surface area (Å²) >= 11 is 5.86. The molecule has 0 radical (unpaired) electrons. The van der Waals surface area contributed by atoms with Crippen LogP contribution >= 0.6 is 11.6 Å². The summed E-state index contributed by atoms with van der Waals surface area (Å²) in [5.41, 5.74) is 0.377. The number of halogens is 2. The lowest BCUT2D eigenvalue weighted by Crippen LogP contribution is -2.24. The van der Waals surface area contributed by atoms with Crippen molar-refractivity contribution in [1.82, 2.24) is 15.0 Å². The first-order chi connectivity index (χ1) is 11.3. The maximum Gasteiger partial charge on any atom is 0.144 e. The number of hydrogen-bond acceptors (Lipinski definition) is 4. The summed E-state index contributed by atoms with van der Waals surface area (Å²) in [6.07, 6.45) is 1.80. The van der Waals surface area contributed by atoms with E-state index in [1.807, 2.05) is 0 Å². The van der Waals surface area contributed by atoms with E-state index in [1.54, 1.807) is 37.4 Å². The molecule has 1 unspecified atom stereocenters. The first kappa shape index (κ1) is 16.4. The Hall–Kier alpha value is -2.44. The van der Waals surface area contributed by atoms with E-state index in [2.05, 4.69) is 10.3 Å². The summed E-state index contributed by atoms with van der Waals surface area (Å²) < 4.78 is 14.4. The molecule has 0 amide bonds. The predicted octanol–water partition coefficient (Wildman–Crippen LogP) is 3.22. The molecule has 24 heavy (non-hydrogen) atoms. The second kappa shape index (κ2) is 6.22. The Morgan fingerprint density at radius 2 is 1.92 bits per heavy atom. The minimum atomic E-state index is -1.16. The first-order valence-corrected chi connectivity index (χ1v) is 7.61. The van der Waals surface area contributed by atoms with Gasteiger partial charge in [0.2, 0.25) is 0 Å². The van der Waals surface area contributed by atoms with E-state index >= 15 is 0 Å². The summed E-state index contributed by atoms with van der Waals surface area (Å²) in [5, 5.41) is 29.0. The Balaban J connectivity index is 1.84. The number of aliphatic hydroxyl groups is 1. The summed E-state index contributed by atoms with van der Waals surface area (Å²) in [4.78, 5) is 0. The molecular formula is C17H15ClFN3O2. The van der Waals surface area contributed by atoms with Gasteiger partial charge in [0.25, 0.3) is 0 Å². The molecule has 0 aliphatic carbocycles. The van der Waals surface area contributed by atoms with Crippen molar-refractivity contribution in [2.45, 2.75) is 18.9 Å². The molecule has 5 nitrogen and oxygen atoms in total. The second-order valence-electron chi connectivity index (χ2n) is 5.75. The fraction of sp³-hybridized carbons (Fsp3) is 0.176. The van der Waals surface area contributed by atoms with Crippen LogP contribution in [0.25, 0.3) is 5.69 Å². The van der Waals surface area contributed by atoms with Crippen LogP contribution in [0.2, 0.25) is 5.02 Å². The molecule has 2 N–H and O–H groups in total. The normalized spacial score (nSPS) is 13.7. The lowest BCUT2D eigenvalue weighted by atomic mass is 9.91. The number of nitrogens with zero attached hydrogens (tertiary/aromatic N) is 3. The zero-order valence-corrected chi connectivity index (χ0v) is 13.6. The maximum atomic E-state index is 13.1. The topological polar surface area (TPSA) is 71.2 Å². The number of hydrogen-bond donors (Lipinski definition) is 2. The third kappa shape index (κ3) is 3.39. The average Bonchev–Trinajstić information content (AvgIpc) is 2.95. The quantitative estimate of drug-likeness (QED) is 0.760. The highest BCUT2D eigenvalue weighted by Gasteiger charge is 2.25. The van der Waals surface area contributed by atoms with Gasteiger partial charge in [-0.3, -0.25) is 0 Å². The molecule has 0 saturated carbocycles. The monoisotopic (exact) mass is 347 g/mol. The second-order valence-corrected chi connectivity index (χ2v) is 6.18. The molecule has 1 atom stereocenters. The van der Waals surface area contributed by atoms with Crippen LogP contribution in [0.5, 0.6) is 5.75 Å². The Morgan fingerprint density at radius 3 is 2.58 bits per heavy atom.